The van der Waals surface area contributed by atoms with Crippen molar-refractivity contribution in [3.05, 3.63) is 36.9 Å². The standard InChI is InChI=1S/C12H3Br2ClN4O2/c13-6-1-7(14)11(9(10(6)15)12(20)21)19-8(4-18)5(2-16)3-17/h1,19H,(H,20,21). The largest absolute Gasteiger partial charge is 0.478 e. The van der Waals surface area contributed by atoms with Gasteiger partial charge in [0.05, 0.1) is 10.7 Å². The number of aromatic carboxylic acids is 1. The maximum absolute atomic E-state index is 11.3. The van der Waals surface area contributed by atoms with Crippen molar-refractivity contribution in [2.75, 3.05) is 5.32 Å². The monoisotopic (exact) mass is 428 g/mol. The Balaban J connectivity index is 3.61. The number of halogens is 3. The molecule has 0 radical (unpaired) electrons. The summed E-state index contributed by atoms with van der Waals surface area (Å²) in [5, 5.41) is 38.1. The highest BCUT2D eigenvalue weighted by molar-refractivity contribution is 9.11. The number of nitrogens with zero attached hydrogens (tertiary/aromatic N) is 3. The Bertz CT molecular complexity index is 768. The molecule has 0 fully saturated rings. The fraction of sp³-hybridized carbons (Fsp3) is 0. The minimum atomic E-state index is -1.34. The summed E-state index contributed by atoms with van der Waals surface area (Å²) < 4.78 is 0.626. The van der Waals surface area contributed by atoms with Gasteiger partial charge in [0.1, 0.15) is 29.5 Å². The summed E-state index contributed by atoms with van der Waals surface area (Å²) in [5.74, 6) is -1.34. The third-order valence-electron chi connectivity index (χ3n) is 2.22. The second-order valence-electron chi connectivity index (χ2n) is 3.42. The predicted octanol–water partition coefficient (Wildman–Crippen LogP) is 3.80. The Labute approximate surface area is 141 Å². The van der Waals surface area contributed by atoms with E-state index in [0.29, 0.717) is 8.95 Å². The van der Waals surface area contributed by atoms with Crippen LogP contribution in [0, 0.1) is 34.0 Å². The summed E-state index contributed by atoms with van der Waals surface area (Å²) in [4.78, 5) is 11.3. The highest BCUT2D eigenvalue weighted by Gasteiger charge is 2.22. The number of hydrogen-bond acceptors (Lipinski definition) is 5. The van der Waals surface area contributed by atoms with Gasteiger partial charge in [-0.2, -0.15) is 15.8 Å². The van der Waals surface area contributed by atoms with Crippen molar-refractivity contribution in [3.63, 3.8) is 0 Å². The van der Waals surface area contributed by atoms with E-state index in [2.05, 4.69) is 37.2 Å². The first-order valence-electron chi connectivity index (χ1n) is 4.99. The van der Waals surface area contributed by atoms with Crippen LogP contribution >= 0.6 is 43.5 Å². The first-order valence-corrected chi connectivity index (χ1v) is 6.96. The molecule has 0 heterocycles. The van der Waals surface area contributed by atoms with E-state index in [1.807, 2.05) is 0 Å². The number of nitrogens with one attached hydrogen (secondary N) is 1. The molecule has 21 heavy (non-hydrogen) atoms. The Morgan fingerprint density at radius 1 is 1.19 bits per heavy atom. The highest BCUT2D eigenvalue weighted by atomic mass is 79.9. The minimum absolute atomic E-state index is 0.0322. The van der Waals surface area contributed by atoms with Crippen LogP contribution in [-0.4, -0.2) is 11.1 Å². The van der Waals surface area contributed by atoms with E-state index in [9.17, 15) is 9.90 Å². The second kappa shape index (κ2) is 7.10. The van der Waals surface area contributed by atoms with E-state index >= 15 is 0 Å². The smallest absolute Gasteiger partial charge is 0.339 e. The molecular weight excluding hydrogens is 427 g/mol. The summed E-state index contributed by atoms with van der Waals surface area (Å²) in [6.07, 6.45) is 0. The molecule has 6 nitrogen and oxygen atoms in total. The normalized spacial score (nSPS) is 8.95. The van der Waals surface area contributed by atoms with Gasteiger partial charge in [0.25, 0.3) is 0 Å². The van der Waals surface area contributed by atoms with Crippen molar-refractivity contribution < 1.29 is 9.90 Å². The Morgan fingerprint density at radius 2 is 1.76 bits per heavy atom. The van der Waals surface area contributed by atoms with E-state index in [1.54, 1.807) is 18.2 Å². The van der Waals surface area contributed by atoms with Gasteiger partial charge in [-0.05, 0) is 37.9 Å². The summed E-state index contributed by atoms with van der Waals surface area (Å²) >= 11 is 12.2. The minimum Gasteiger partial charge on any atom is -0.478 e. The van der Waals surface area contributed by atoms with Crippen LogP contribution in [0.25, 0.3) is 0 Å². The topological polar surface area (TPSA) is 121 Å². The number of hydrogen-bond donors (Lipinski definition) is 2. The van der Waals surface area contributed by atoms with E-state index < -0.39 is 11.5 Å². The number of nitriles is 3. The number of rotatable bonds is 3. The molecule has 0 aliphatic rings. The molecule has 1 rings (SSSR count). The zero-order valence-corrected chi connectivity index (χ0v) is 13.8. The number of anilines is 1. The lowest BCUT2D eigenvalue weighted by molar-refractivity contribution is 0.0698. The van der Waals surface area contributed by atoms with Crippen LogP contribution in [0.4, 0.5) is 5.69 Å². The van der Waals surface area contributed by atoms with Crippen LogP contribution in [0.5, 0.6) is 0 Å². The maximum atomic E-state index is 11.3. The molecule has 0 saturated heterocycles. The Kier molecular flexibility index (Phi) is 5.75. The molecule has 104 valence electrons. The zero-order chi connectivity index (χ0) is 16.2. The van der Waals surface area contributed by atoms with Crippen LogP contribution in [0.2, 0.25) is 5.02 Å². The Hall–Kier alpha value is -2.05. The number of benzene rings is 1. The molecule has 0 unspecified atom stereocenters. The van der Waals surface area contributed by atoms with Crippen LogP contribution in [0.1, 0.15) is 10.4 Å². The van der Waals surface area contributed by atoms with Gasteiger partial charge in [-0.15, -0.1) is 0 Å². The van der Waals surface area contributed by atoms with Gasteiger partial charge in [0, 0.05) is 8.95 Å². The van der Waals surface area contributed by atoms with Gasteiger partial charge in [0.15, 0.2) is 5.57 Å². The molecule has 2 N–H and O–H groups in total. The molecule has 0 aliphatic heterocycles. The molecule has 0 bridgehead atoms. The molecule has 0 aliphatic carbocycles. The summed E-state index contributed by atoms with van der Waals surface area (Å²) in [5.41, 5.74) is -1.18. The fourth-order valence-electron chi connectivity index (χ4n) is 1.33. The van der Waals surface area contributed by atoms with E-state index in [1.165, 1.54) is 6.07 Å². The van der Waals surface area contributed by atoms with Gasteiger partial charge >= 0.3 is 5.97 Å². The van der Waals surface area contributed by atoms with E-state index in [-0.39, 0.29) is 22.0 Å². The maximum Gasteiger partial charge on any atom is 0.339 e. The van der Waals surface area contributed by atoms with Crippen molar-refractivity contribution in [2.24, 2.45) is 0 Å². The SMILES string of the molecule is N#CC(C#N)=C(C#N)Nc1c(Br)cc(Br)c(Cl)c1C(=O)O. The lowest BCUT2D eigenvalue weighted by Crippen LogP contribution is -2.09. The van der Waals surface area contributed by atoms with Crippen molar-refractivity contribution >= 4 is 55.1 Å². The average molecular weight is 430 g/mol. The molecule has 0 saturated carbocycles. The van der Waals surface area contributed by atoms with Gasteiger partial charge in [-0.1, -0.05) is 11.6 Å². The van der Waals surface area contributed by atoms with Crippen LogP contribution in [-0.2, 0) is 0 Å². The molecule has 1 aromatic carbocycles. The van der Waals surface area contributed by atoms with Crippen molar-refractivity contribution in [1.82, 2.24) is 0 Å². The van der Waals surface area contributed by atoms with Gasteiger partial charge in [-0.25, -0.2) is 4.79 Å². The second-order valence-corrected chi connectivity index (χ2v) is 5.51. The lowest BCUT2D eigenvalue weighted by atomic mass is 10.1. The number of carboxylic acid groups (broad SMARTS) is 1. The van der Waals surface area contributed by atoms with E-state index in [0.717, 1.165) is 0 Å². The third kappa shape index (κ3) is 3.53. The van der Waals surface area contributed by atoms with Gasteiger partial charge in [0.2, 0.25) is 0 Å². The molecule has 0 spiro atoms. The first kappa shape index (κ1) is 17.0. The molecule has 0 aromatic heterocycles. The summed E-state index contributed by atoms with van der Waals surface area (Å²) in [6, 6.07) is 6.20. The van der Waals surface area contributed by atoms with Gasteiger partial charge < -0.3 is 10.4 Å². The zero-order valence-electron chi connectivity index (χ0n) is 9.91. The third-order valence-corrected chi connectivity index (χ3v) is 4.09. The average Bonchev–Trinajstić information content (AvgIpc) is 2.43. The fourth-order valence-corrected chi connectivity index (χ4v) is 2.82. The Morgan fingerprint density at radius 3 is 2.19 bits per heavy atom. The summed E-state index contributed by atoms with van der Waals surface area (Å²) in [6.45, 7) is 0. The molecule has 0 amide bonds. The van der Waals surface area contributed by atoms with Crippen LogP contribution in [0.3, 0.4) is 0 Å². The van der Waals surface area contributed by atoms with Crippen molar-refractivity contribution in [1.29, 1.82) is 15.8 Å². The molecular formula is C12H3Br2ClN4O2. The number of carbonyl (C=O) groups is 1. The summed E-state index contributed by atoms with van der Waals surface area (Å²) in [7, 11) is 0. The number of allylic oxidation sites excluding steroid dienone is 2. The molecule has 1 aromatic rings. The quantitative estimate of drug-likeness (QED) is 0.556. The van der Waals surface area contributed by atoms with Crippen molar-refractivity contribution in [3.8, 4) is 18.2 Å². The molecule has 9 heteroatoms. The number of carboxylic acids is 1. The first-order chi connectivity index (χ1) is 9.87. The van der Waals surface area contributed by atoms with Crippen LogP contribution in [0.15, 0.2) is 26.3 Å². The predicted molar refractivity (Wildman–Crippen MR) is 81.3 cm³/mol. The van der Waals surface area contributed by atoms with Gasteiger partial charge in [-0.3, -0.25) is 0 Å². The highest BCUT2D eigenvalue weighted by Crippen LogP contribution is 2.38. The van der Waals surface area contributed by atoms with Crippen molar-refractivity contribution in [2.45, 2.75) is 0 Å². The lowest BCUT2D eigenvalue weighted by Gasteiger charge is -2.13. The molecule has 0 atom stereocenters. The van der Waals surface area contributed by atoms with E-state index in [4.69, 9.17) is 27.4 Å². The van der Waals surface area contributed by atoms with Crippen LogP contribution < -0.4 is 5.32 Å².